The van der Waals surface area contributed by atoms with Crippen LogP contribution in [0.15, 0.2) is 27.8 Å². The lowest BCUT2D eigenvalue weighted by Gasteiger charge is -2.08. The van der Waals surface area contributed by atoms with Gasteiger partial charge in [-0.15, -0.1) is 0 Å². The third-order valence-corrected chi connectivity index (χ3v) is 3.89. The first-order valence-corrected chi connectivity index (χ1v) is 7.63. The minimum Gasteiger partial charge on any atom is -0.431 e. The molecule has 20 heavy (non-hydrogen) atoms. The molecular weight excluding hydrogens is 304 g/mol. The number of halogens is 1. The Morgan fingerprint density at radius 1 is 1.45 bits per heavy atom. The van der Waals surface area contributed by atoms with Gasteiger partial charge in [-0.2, -0.15) is 4.98 Å². The van der Waals surface area contributed by atoms with E-state index in [2.05, 4.69) is 20.0 Å². The molecule has 2 N–H and O–H groups in total. The van der Waals surface area contributed by atoms with Crippen molar-refractivity contribution in [3.05, 3.63) is 29.2 Å². The van der Waals surface area contributed by atoms with Crippen molar-refractivity contribution >= 4 is 33.5 Å². The third kappa shape index (κ3) is 3.20. The predicted molar refractivity (Wildman–Crippen MR) is 75.5 cm³/mol. The monoisotopic (exact) mass is 316 g/mol. The first-order valence-electron chi connectivity index (χ1n) is 5.76. The molecule has 0 radical (unpaired) electrons. The maximum atomic E-state index is 12.1. The summed E-state index contributed by atoms with van der Waals surface area (Å²) in [6.07, 6.45) is 2.55. The molecule has 0 bridgehead atoms. The molecule has 0 amide bonds. The Kier molecular flexibility index (Phi) is 4.15. The van der Waals surface area contributed by atoms with Crippen LogP contribution in [0.4, 0.5) is 11.8 Å². The van der Waals surface area contributed by atoms with Gasteiger partial charge in [0.05, 0.1) is 10.7 Å². The average Bonchev–Trinajstić information content (AvgIpc) is 2.76. The van der Waals surface area contributed by atoms with Gasteiger partial charge in [0, 0.05) is 12.7 Å². The summed E-state index contributed by atoms with van der Waals surface area (Å²) in [5.41, 5.74) is 0.571. The van der Waals surface area contributed by atoms with Gasteiger partial charge in [-0.3, -0.25) is 0 Å². The van der Waals surface area contributed by atoms with Gasteiger partial charge in [-0.05, 0) is 19.9 Å². The van der Waals surface area contributed by atoms with Gasteiger partial charge in [0.2, 0.25) is 0 Å². The van der Waals surface area contributed by atoms with Crippen molar-refractivity contribution in [2.24, 2.45) is 0 Å². The van der Waals surface area contributed by atoms with Gasteiger partial charge < -0.3 is 9.73 Å². The van der Waals surface area contributed by atoms with Crippen molar-refractivity contribution in [3.8, 4) is 0 Å². The second-order valence-corrected chi connectivity index (χ2v) is 6.02. The first-order chi connectivity index (χ1) is 9.42. The molecule has 0 unspecified atom stereocenters. The quantitative estimate of drug-likeness (QED) is 0.878. The molecule has 2 aromatic rings. The Labute approximate surface area is 121 Å². The smallest absolute Gasteiger partial charge is 0.309 e. The summed E-state index contributed by atoms with van der Waals surface area (Å²) in [5.74, 6) is 0.431. The van der Waals surface area contributed by atoms with Gasteiger partial charge in [-0.1, -0.05) is 11.6 Å². The van der Waals surface area contributed by atoms with Gasteiger partial charge in [0.15, 0.2) is 0 Å². The van der Waals surface area contributed by atoms with Crippen molar-refractivity contribution in [2.45, 2.75) is 18.7 Å². The molecule has 0 saturated carbocycles. The van der Waals surface area contributed by atoms with E-state index in [0.29, 0.717) is 18.1 Å². The summed E-state index contributed by atoms with van der Waals surface area (Å²) in [6.45, 7) is 4.20. The van der Waals surface area contributed by atoms with E-state index in [1.807, 2.05) is 6.92 Å². The molecule has 0 fully saturated rings. The Balaban J connectivity index is 2.27. The van der Waals surface area contributed by atoms with Crippen LogP contribution < -0.4 is 10.0 Å². The number of aryl methyl sites for hydroxylation is 1. The predicted octanol–water partition coefficient (Wildman–Crippen LogP) is 2.26. The highest BCUT2D eigenvalue weighted by molar-refractivity contribution is 7.92. The van der Waals surface area contributed by atoms with Crippen LogP contribution in [0.3, 0.4) is 0 Å². The van der Waals surface area contributed by atoms with Crippen LogP contribution in [0.5, 0.6) is 0 Å². The van der Waals surface area contributed by atoms with Crippen LogP contribution in [0.25, 0.3) is 0 Å². The molecule has 0 atom stereocenters. The zero-order valence-electron chi connectivity index (χ0n) is 10.8. The number of aromatic nitrogens is 2. The number of sulfonamides is 1. The number of rotatable bonds is 5. The molecule has 2 rings (SSSR count). The maximum Gasteiger partial charge on any atom is 0.309 e. The van der Waals surface area contributed by atoms with E-state index in [4.69, 9.17) is 16.0 Å². The number of anilines is 2. The van der Waals surface area contributed by atoms with E-state index < -0.39 is 10.0 Å². The average molecular weight is 317 g/mol. The number of nitrogens with one attached hydrogen (secondary N) is 2. The zero-order valence-corrected chi connectivity index (χ0v) is 12.4. The fraction of sp³-hybridized carbons (Fsp3) is 0.273. The lowest BCUT2D eigenvalue weighted by atomic mass is 10.4. The van der Waals surface area contributed by atoms with Crippen LogP contribution >= 0.6 is 11.6 Å². The van der Waals surface area contributed by atoms with E-state index in [-0.39, 0.29) is 15.9 Å². The summed E-state index contributed by atoms with van der Waals surface area (Å²) in [4.78, 5) is 7.77. The second kappa shape index (κ2) is 5.68. The van der Waals surface area contributed by atoms with Gasteiger partial charge in [-0.25, -0.2) is 18.1 Å². The minimum absolute atomic E-state index is 0.0694. The van der Waals surface area contributed by atoms with E-state index >= 15 is 0 Å². The molecule has 7 nitrogen and oxygen atoms in total. The minimum atomic E-state index is -3.84. The molecule has 0 spiro atoms. The molecule has 108 valence electrons. The van der Waals surface area contributed by atoms with Crippen LogP contribution in [-0.2, 0) is 10.0 Å². The Hall–Kier alpha value is -1.80. The Morgan fingerprint density at radius 3 is 2.75 bits per heavy atom. The van der Waals surface area contributed by atoms with Crippen molar-refractivity contribution in [2.75, 3.05) is 16.6 Å². The third-order valence-electron chi connectivity index (χ3n) is 2.31. The summed E-state index contributed by atoms with van der Waals surface area (Å²) in [5, 5.41) is 3.14. The summed E-state index contributed by atoms with van der Waals surface area (Å²) >= 11 is 5.97. The molecule has 2 aromatic heterocycles. The standard InChI is InChI=1S/C11H13ClN4O3S/c1-3-13-10-9(12)4-8(5-14-10)20(17,18)16-11-15-7(2)6-19-11/h4-6H,3H2,1-2H3,(H,13,14)(H,15,16). The van der Waals surface area contributed by atoms with Crippen molar-refractivity contribution in [3.63, 3.8) is 0 Å². The number of hydrogen-bond acceptors (Lipinski definition) is 6. The second-order valence-electron chi connectivity index (χ2n) is 3.93. The maximum absolute atomic E-state index is 12.1. The highest BCUT2D eigenvalue weighted by Gasteiger charge is 2.19. The fourth-order valence-corrected chi connectivity index (χ4v) is 2.64. The van der Waals surface area contributed by atoms with Crippen LogP contribution in [0.2, 0.25) is 5.02 Å². The molecule has 9 heteroatoms. The summed E-state index contributed by atoms with van der Waals surface area (Å²) < 4.78 is 31.4. The molecule has 0 aliphatic heterocycles. The SMILES string of the molecule is CCNc1ncc(S(=O)(=O)Nc2nc(C)co2)cc1Cl. The van der Waals surface area contributed by atoms with Crippen LogP contribution in [-0.4, -0.2) is 24.9 Å². The van der Waals surface area contributed by atoms with E-state index in [1.165, 1.54) is 18.5 Å². The Bertz CT molecular complexity index is 714. The van der Waals surface area contributed by atoms with Crippen LogP contribution in [0.1, 0.15) is 12.6 Å². The van der Waals surface area contributed by atoms with Crippen molar-refractivity contribution in [1.82, 2.24) is 9.97 Å². The van der Waals surface area contributed by atoms with Gasteiger partial charge in [0.25, 0.3) is 10.0 Å². The van der Waals surface area contributed by atoms with Gasteiger partial charge >= 0.3 is 6.01 Å². The number of hydrogen-bond donors (Lipinski definition) is 2. The van der Waals surface area contributed by atoms with Crippen molar-refractivity contribution < 1.29 is 12.8 Å². The summed E-state index contributed by atoms with van der Waals surface area (Å²) in [7, 11) is -3.84. The highest BCUT2D eigenvalue weighted by Crippen LogP contribution is 2.23. The molecule has 2 heterocycles. The normalized spacial score (nSPS) is 11.3. The molecule has 0 aromatic carbocycles. The number of nitrogens with zero attached hydrogens (tertiary/aromatic N) is 2. The van der Waals surface area contributed by atoms with E-state index in [1.54, 1.807) is 6.92 Å². The Morgan fingerprint density at radius 2 is 2.20 bits per heavy atom. The number of pyridine rings is 1. The van der Waals surface area contributed by atoms with E-state index in [0.717, 1.165) is 0 Å². The zero-order chi connectivity index (χ0) is 14.8. The molecule has 0 saturated heterocycles. The van der Waals surface area contributed by atoms with E-state index in [9.17, 15) is 8.42 Å². The molecular formula is C11H13ClN4O3S. The van der Waals surface area contributed by atoms with Crippen LogP contribution in [0, 0.1) is 6.92 Å². The topological polar surface area (TPSA) is 97.1 Å². The fourth-order valence-electron chi connectivity index (χ4n) is 1.44. The van der Waals surface area contributed by atoms with Crippen molar-refractivity contribution in [1.29, 1.82) is 0 Å². The lowest BCUT2D eigenvalue weighted by molar-refractivity contribution is 0.569. The molecule has 0 aliphatic carbocycles. The van der Waals surface area contributed by atoms with Gasteiger partial charge in [0.1, 0.15) is 17.0 Å². The lowest BCUT2D eigenvalue weighted by Crippen LogP contribution is -2.14. The largest absolute Gasteiger partial charge is 0.431 e. The molecule has 0 aliphatic rings. The first kappa shape index (κ1) is 14.6. The summed E-state index contributed by atoms with van der Waals surface area (Å²) in [6, 6.07) is 1.21. The highest BCUT2D eigenvalue weighted by atomic mass is 35.5. The number of oxazole rings is 1.